The van der Waals surface area contributed by atoms with Crippen molar-refractivity contribution in [3.63, 3.8) is 0 Å². The maximum atomic E-state index is 6.63. The molecule has 9 rings (SSSR count). The van der Waals surface area contributed by atoms with E-state index in [-0.39, 0.29) is 0 Å². The van der Waals surface area contributed by atoms with E-state index in [9.17, 15) is 0 Å². The number of aromatic nitrogens is 2. The van der Waals surface area contributed by atoms with Gasteiger partial charge in [0.1, 0.15) is 0 Å². The molecule has 2 heterocycles. The van der Waals surface area contributed by atoms with Crippen LogP contribution in [-0.2, 0) is 9.31 Å². The first-order valence-electron chi connectivity index (χ1n) is 20.0. The lowest BCUT2D eigenvalue weighted by Crippen LogP contribution is -2.75. The maximum absolute atomic E-state index is 6.63. The van der Waals surface area contributed by atoms with E-state index in [4.69, 9.17) is 19.3 Å². The highest BCUT2D eigenvalue weighted by molar-refractivity contribution is 7.20. The lowest BCUT2D eigenvalue weighted by atomic mass is 9.79. The van der Waals surface area contributed by atoms with Crippen molar-refractivity contribution in [2.24, 2.45) is 0 Å². The van der Waals surface area contributed by atoms with Crippen LogP contribution in [0.4, 0.5) is 0 Å². The molecule has 282 valence electrons. The van der Waals surface area contributed by atoms with Gasteiger partial charge < -0.3 is 9.31 Å². The molecule has 4 nitrogen and oxygen atoms in total. The Labute approximate surface area is 343 Å². The lowest BCUT2D eigenvalue weighted by molar-refractivity contribution is 0.00578. The summed E-state index contributed by atoms with van der Waals surface area (Å²) in [6, 6.07) is 71.3. The van der Waals surface area contributed by atoms with E-state index in [2.05, 4.69) is 210 Å². The van der Waals surface area contributed by atoms with Crippen LogP contribution < -0.4 is 26.2 Å². The average molecular weight is 769 g/mol. The maximum Gasteiger partial charge on any atom is 0.494 e. The van der Waals surface area contributed by atoms with E-state index in [1.807, 2.05) is 18.2 Å². The van der Waals surface area contributed by atoms with Crippen molar-refractivity contribution in [2.75, 3.05) is 0 Å². The Bertz CT molecular complexity index is 2620. The van der Waals surface area contributed by atoms with E-state index in [1.54, 1.807) is 0 Å². The summed E-state index contributed by atoms with van der Waals surface area (Å²) in [6.07, 6.45) is 0. The van der Waals surface area contributed by atoms with Crippen molar-refractivity contribution in [3.8, 4) is 45.0 Å². The van der Waals surface area contributed by atoms with Gasteiger partial charge in [0, 0.05) is 22.3 Å². The third kappa shape index (κ3) is 6.73. The van der Waals surface area contributed by atoms with Crippen LogP contribution in [0, 0.1) is 0 Å². The van der Waals surface area contributed by atoms with Gasteiger partial charge in [0.25, 0.3) is 0 Å². The van der Waals surface area contributed by atoms with Gasteiger partial charge in [-0.05, 0) is 53.9 Å². The molecule has 0 aliphatic carbocycles. The molecule has 1 fully saturated rings. The van der Waals surface area contributed by atoms with Crippen molar-refractivity contribution in [2.45, 2.75) is 38.9 Å². The van der Waals surface area contributed by atoms with E-state index in [0.717, 1.165) is 50.5 Å². The third-order valence-corrected chi connectivity index (χ3v) is 16.6. The number of rotatable bonds is 9. The monoisotopic (exact) mass is 768 g/mol. The summed E-state index contributed by atoms with van der Waals surface area (Å²) in [5.41, 5.74) is 7.52. The van der Waals surface area contributed by atoms with Crippen molar-refractivity contribution in [1.29, 1.82) is 0 Å². The zero-order valence-electron chi connectivity index (χ0n) is 33.3. The van der Waals surface area contributed by atoms with Gasteiger partial charge in [-0.2, -0.15) is 0 Å². The molecule has 8 aromatic rings. The third-order valence-electron chi connectivity index (χ3n) is 11.9. The minimum Gasteiger partial charge on any atom is -0.399 e. The van der Waals surface area contributed by atoms with Crippen LogP contribution in [0.3, 0.4) is 0 Å². The zero-order valence-corrected chi connectivity index (χ0v) is 34.3. The quantitative estimate of drug-likeness (QED) is 0.109. The molecule has 7 aromatic carbocycles. The fourth-order valence-corrected chi connectivity index (χ4v) is 13.0. The van der Waals surface area contributed by atoms with Crippen LogP contribution in [0.2, 0.25) is 0 Å². The van der Waals surface area contributed by atoms with Crippen LogP contribution in [0.1, 0.15) is 27.7 Å². The number of nitrogens with zero attached hydrogens (tertiary/aromatic N) is 2. The van der Waals surface area contributed by atoms with Gasteiger partial charge in [-0.1, -0.05) is 200 Å². The first kappa shape index (κ1) is 37.4. The van der Waals surface area contributed by atoms with Gasteiger partial charge in [0.2, 0.25) is 0 Å². The van der Waals surface area contributed by atoms with Gasteiger partial charge in [-0.25, -0.2) is 9.97 Å². The van der Waals surface area contributed by atoms with Crippen LogP contribution in [0.25, 0.3) is 45.0 Å². The molecule has 0 bridgehead atoms. The molecule has 0 amide bonds. The Hall–Kier alpha value is -6.18. The van der Waals surface area contributed by atoms with Crippen molar-refractivity contribution < 1.29 is 9.31 Å². The molecule has 1 saturated heterocycles. The molecule has 0 radical (unpaired) electrons. The lowest BCUT2D eigenvalue weighted by Gasteiger charge is -2.35. The van der Waals surface area contributed by atoms with Gasteiger partial charge in [0.15, 0.2) is 8.07 Å². The predicted octanol–water partition coefficient (Wildman–Crippen LogP) is 8.82. The van der Waals surface area contributed by atoms with Crippen LogP contribution in [0.5, 0.6) is 0 Å². The summed E-state index contributed by atoms with van der Waals surface area (Å²) in [6.45, 7) is 8.43. The largest absolute Gasteiger partial charge is 0.494 e. The minimum atomic E-state index is -3.02. The van der Waals surface area contributed by atoms with Gasteiger partial charge >= 0.3 is 7.12 Å². The van der Waals surface area contributed by atoms with Crippen molar-refractivity contribution in [1.82, 2.24) is 9.97 Å². The molecule has 6 heteroatoms. The summed E-state index contributed by atoms with van der Waals surface area (Å²) >= 11 is 0. The fraction of sp³-hybridized carbons (Fsp3) is 0.115. The molecule has 0 N–H and O–H groups in total. The second-order valence-electron chi connectivity index (χ2n) is 16.0. The normalized spacial score (nSPS) is 14.7. The molecule has 1 aliphatic rings. The van der Waals surface area contributed by atoms with Crippen LogP contribution in [0.15, 0.2) is 200 Å². The van der Waals surface area contributed by atoms with Gasteiger partial charge in [-0.15, -0.1) is 0 Å². The van der Waals surface area contributed by atoms with Crippen molar-refractivity contribution in [3.05, 3.63) is 200 Å². The zero-order chi connectivity index (χ0) is 39.7. The van der Waals surface area contributed by atoms with Gasteiger partial charge in [-0.3, -0.25) is 0 Å². The van der Waals surface area contributed by atoms with E-state index < -0.39 is 26.4 Å². The smallest absolute Gasteiger partial charge is 0.399 e. The fourth-order valence-electron chi connectivity index (χ4n) is 8.20. The Kier molecular flexibility index (Phi) is 9.86. The summed E-state index contributed by atoms with van der Waals surface area (Å²) in [5.74, 6) is 0. The van der Waals surface area contributed by atoms with E-state index in [1.165, 1.54) is 20.7 Å². The molecular formula is C52H45BN2O2Si. The summed E-state index contributed by atoms with van der Waals surface area (Å²) in [7, 11) is -3.50. The Balaban J connectivity index is 1.31. The molecule has 0 unspecified atom stereocenters. The molecule has 1 aromatic heterocycles. The van der Waals surface area contributed by atoms with Gasteiger partial charge in [0.05, 0.1) is 34.0 Å². The standard InChI is InChI=1S/C52H45BN2O2Si/c1-51(2)52(3,4)57-53(56-51)42-29-21-35-46(37-42)58(43-30-16-8-17-31-43,44-32-18-9-19-33-44)45-34-20-28-41(36-45)50-49(40-26-14-7-15-27-40)54-47(38-22-10-5-11-23-38)48(55-50)39-24-12-6-13-25-39/h5-37H,1-4H3. The molecule has 58 heavy (non-hydrogen) atoms. The molecule has 1 aliphatic heterocycles. The first-order valence-corrected chi connectivity index (χ1v) is 22.0. The van der Waals surface area contributed by atoms with Crippen LogP contribution >= 0.6 is 0 Å². The SMILES string of the molecule is CC1(C)OB(c2cccc([Si](c3ccccc3)(c3ccccc3)c3cccc(-c4nc(-c5ccccc5)c(-c5ccccc5)nc4-c4ccccc4)c3)c2)OC1(C)C. The highest BCUT2D eigenvalue weighted by atomic mass is 28.3. The number of benzene rings is 7. The summed E-state index contributed by atoms with van der Waals surface area (Å²) < 4.78 is 13.3. The number of hydrogen-bond acceptors (Lipinski definition) is 4. The summed E-state index contributed by atoms with van der Waals surface area (Å²) in [4.78, 5) is 11.2. The van der Waals surface area contributed by atoms with Crippen molar-refractivity contribution >= 4 is 41.4 Å². The summed E-state index contributed by atoms with van der Waals surface area (Å²) in [5, 5.41) is 5.04. The minimum absolute atomic E-state index is 0.457. The molecule has 0 atom stereocenters. The molecule has 0 spiro atoms. The van der Waals surface area contributed by atoms with E-state index in [0.29, 0.717) is 0 Å². The Morgan fingerprint density at radius 3 is 1.12 bits per heavy atom. The molecule has 0 saturated carbocycles. The highest BCUT2D eigenvalue weighted by Crippen LogP contribution is 2.38. The highest BCUT2D eigenvalue weighted by Gasteiger charge is 2.52. The molecular weight excluding hydrogens is 723 g/mol. The Morgan fingerprint density at radius 2 is 0.690 bits per heavy atom. The van der Waals surface area contributed by atoms with E-state index >= 15 is 0 Å². The van der Waals surface area contributed by atoms with Crippen LogP contribution in [-0.4, -0.2) is 36.4 Å². The second kappa shape index (κ2) is 15.3. The predicted molar refractivity (Wildman–Crippen MR) is 243 cm³/mol. The number of hydrogen-bond donors (Lipinski definition) is 0. The first-order chi connectivity index (χ1) is 28.2. The second-order valence-corrected chi connectivity index (χ2v) is 19.8. The Morgan fingerprint density at radius 1 is 0.362 bits per heavy atom. The average Bonchev–Trinajstić information content (AvgIpc) is 3.51. The topological polar surface area (TPSA) is 44.2 Å².